The van der Waals surface area contributed by atoms with E-state index >= 15 is 0 Å². The molecule has 1 aliphatic rings. The lowest BCUT2D eigenvalue weighted by atomic mass is 9.85. The van der Waals surface area contributed by atoms with Crippen LogP contribution in [0, 0.1) is 0 Å². The van der Waals surface area contributed by atoms with Gasteiger partial charge in [-0.3, -0.25) is 4.79 Å². The molecule has 0 aliphatic carbocycles. The van der Waals surface area contributed by atoms with Crippen molar-refractivity contribution >= 4 is 5.91 Å². The van der Waals surface area contributed by atoms with Gasteiger partial charge in [-0.25, -0.2) is 0 Å². The first-order valence-electron chi connectivity index (χ1n) is 8.46. The van der Waals surface area contributed by atoms with E-state index in [9.17, 15) is 18.0 Å². The predicted octanol–water partition coefficient (Wildman–Crippen LogP) is 4.22. The summed E-state index contributed by atoms with van der Waals surface area (Å²) in [6, 6.07) is 7.97. The van der Waals surface area contributed by atoms with Gasteiger partial charge in [0.05, 0.1) is 25.8 Å². The number of hydrogen-bond donors (Lipinski definition) is 0. The molecule has 0 unspecified atom stereocenters. The van der Waals surface area contributed by atoms with Crippen molar-refractivity contribution in [1.82, 2.24) is 4.90 Å². The molecule has 1 amide bonds. The smallest absolute Gasteiger partial charge is 0.416 e. The molecule has 2 aromatic rings. The van der Waals surface area contributed by atoms with Crippen LogP contribution in [0.3, 0.4) is 0 Å². The zero-order valence-electron chi connectivity index (χ0n) is 15.3. The highest BCUT2D eigenvalue weighted by Crippen LogP contribution is 2.44. The van der Waals surface area contributed by atoms with Crippen LogP contribution in [0.25, 0.3) is 0 Å². The van der Waals surface area contributed by atoms with Gasteiger partial charge in [0.25, 0.3) is 0 Å². The van der Waals surface area contributed by atoms with E-state index in [0.29, 0.717) is 30.0 Å². The van der Waals surface area contributed by atoms with Crippen LogP contribution in [0.4, 0.5) is 13.2 Å². The topological polar surface area (TPSA) is 38.8 Å². The third-order valence-electron chi connectivity index (χ3n) is 4.84. The molecule has 0 bridgehead atoms. The minimum absolute atomic E-state index is 0.0494. The van der Waals surface area contributed by atoms with Crippen molar-refractivity contribution in [3.63, 3.8) is 0 Å². The van der Waals surface area contributed by atoms with E-state index < -0.39 is 17.8 Å². The maximum absolute atomic E-state index is 13.6. The molecule has 144 valence electrons. The second kappa shape index (κ2) is 7.13. The summed E-state index contributed by atoms with van der Waals surface area (Å²) in [6.45, 7) is 1.70. The Balaban J connectivity index is 2.26. The van der Waals surface area contributed by atoms with Gasteiger partial charge in [-0.1, -0.05) is 18.2 Å². The van der Waals surface area contributed by atoms with Crippen molar-refractivity contribution in [3.8, 4) is 11.5 Å². The molecular formula is C20H20F3NO3. The lowest BCUT2D eigenvalue weighted by Gasteiger charge is -2.38. The standard InChI is InChI=1S/C20H20F3NO3/c1-12(25)24-9-8-13-10-17(26-2)18(27-3)11-15(13)19(24)14-6-4-5-7-16(14)20(21,22)23/h4-7,10-11,19H,8-9H2,1-3H3/t19-/m1/s1. The van der Waals surface area contributed by atoms with E-state index in [0.717, 1.165) is 11.6 Å². The van der Waals surface area contributed by atoms with Gasteiger partial charge in [-0.2, -0.15) is 13.2 Å². The van der Waals surface area contributed by atoms with E-state index in [1.165, 1.54) is 38.2 Å². The van der Waals surface area contributed by atoms with Gasteiger partial charge in [0, 0.05) is 13.5 Å². The molecule has 0 radical (unpaired) electrons. The number of rotatable bonds is 3. The van der Waals surface area contributed by atoms with E-state index in [-0.39, 0.29) is 11.5 Å². The van der Waals surface area contributed by atoms with Crippen LogP contribution in [-0.4, -0.2) is 31.6 Å². The molecule has 0 N–H and O–H groups in total. The van der Waals surface area contributed by atoms with Gasteiger partial charge in [0.2, 0.25) is 5.91 Å². The predicted molar refractivity (Wildman–Crippen MR) is 93.9 cm³/mol. The molecule has 1 atom stereocenters. The highest BCUT2D eigenvalue weighted by atomic mass is 19.4. The number of ether oxygens (including phenoxy) is 2. The van der Waals surface area contributed by atoms with Crippen molar-refractivity contribution in [1.29, 1.82) is 0 Å². The number of nitrogens with zero attached hydrogens (tertiary/aromatic N) is 1. The first-order chi connectivity index (χ1) is 12.8. The number of hydrogen-bond acceptors (Lipinski definition) is 3. The number of fused-ring (bicyclic) bond motifs is 1. The first-order valence-corrected chi connectivity index (χ1v) is 8.46. The van der Waals surface area contributed by atoms with Crippen molar-refractivity contribution < 1.29 is 27.4 Å². The number of halogens is 3. The normalized spacial score (nSPS) is 16.7. The Bertz CT molecular complexity index is 864. The zero-order chi connectivity index (χ0) is 19.8. The summed E-state index contributed by atoms with van der Waals surface area (Å²) in [5.41, 5.74) is 0.759. The molecular weight excluding hydrogens is 359 g/mol. The maximum Gasteiger partial charge on any atom is 0.416 e. The molecule has 0 fully saturated rings. The Morgan fingerprint density at radius 3 is 2.30 bits per heavy atom. The zero-order valence-corrected chi connectivity index (χ0v) is 15.3. The molecule has 3 rings (SSSR count). The van der Waals surface area contributed by atoms with Gasteiger partial charge in [0.1, 0.15) is 0 Å². The van der Waals surface area contributed by atoms with E-state index in [4.69, 9.17) is 9.47 Å². The van der Waals surface area contributed by atoms with E-state index in [1.54, 1.807) is 18.2 Å². The first kappa shape index (κ1) is 19.1. The van der Waals surface area contributed by atoms with Gasteiger partial charge in [0.15, 0.2) is 11.5 Å². The van der Waals surface area contributed by atoms with Crippen LogP contribution in [0.15, 0.2) is 36.4 Å². The highest BCUT2D eigenvalue weighted by molar-refractivity contribution is 5.75. The molecule has 0 saturated carbocycles. The van der Waals surface area contributed by atoms with E-state index in [1.807, 2.05) is 0 Å². The van der Waals surface area contributed by atoms with Crippen molar-refractivity contribution in [2.45, 2.75) is 25.6 Å². The van der Waals surface area contributed by atoms with Crippen LogP contribution >= 0.6 is 0 Å². The molecule has 0 saturated heterocycles. The van der Waals surface area contributed by atoms with Crippen LogP contribution in [0.1, 0.15) is 35.2 Å². The Morgan fingerprint density at radius 2 is 1.70 bits per heavy atom. The number of methoxy groups -OCH3 is 2. The third-order valence-corrected chi connectivity index (χ3v) is 4.84. The second-order valence-electron chi connectivity index (χ2n) is 6.36. The summed E-state index contributed by atoms with van der Waals surface area (Å²) in [6.07, 6.45) is -3.99. The second-order valence-corrected chi connectivity index (χ2v) is 6.36. The third kappa shape index (κ3) is 3.46. The molecule has 27 heavy (non-hydrogen) atoms. The van der Waals surface area contributed by atoms with Crippen molar-refractivity contribution in [2.75, 3.05) is 20.8 Å². The van der Waals surface area contributed by atoms with E-state index in [2.05, 4.69) is 0 Å². The minimum Gasteiger partial charge on any atom is -0.493 e. The highest BCUT2D eigenvalue weighted by Gasteiger charge is 2.39. The molecule has 1 aliphatic heterocycles. The van der Waals surface area contributed by atoms with Gasteiger partial charge < -0.3 is 14.4 Å². The fourth-order valence-corrected chi connectivity index (χ4v) is 3.61. The fourth-order valence-electron chi connectivity index (χ4n) is 3.61. The van der Waals surface area contributed by atoms with Gasteiger partial charge >= 0.3 is 6.18 Å². The molecule has 2 aromatic carbocycles. The summed E-state index contributed by atoms with van der Waals surface area (Å²) in [5.74, 6) is 0.643. The number of carbonyl (C=O) groups is 1. The summed E-state index contributed by atoms with van der Waals surface area (Å²) < 4.78 is 51.5. The molecule has 0 aromatic heterocycles. The fraction of sp³-hybridized carbons (Fsp3) is 0.350. The number of carbonyl (C=O) groups excluding carboxylic acids is 1. The van der Waals surface area contributed by atoms with Gasteiger partial charge in [-0.15, -0.1) is 0 Å². The number of amides is 1. The lowest BCUT2D eigenvalue weighted by molar-refractivity contribution is -0.140. The largest absolute Gasteiger partial charge is 0.493 e. The minimum atomic E-state index is -4.52. The maximum atomic E-state index is 13.6. The summed E-state index contributed by atoms with van der Waals surface area (Å²) in [7, 11) is 2.97. The Morgan fingerprint density at radius 1 is 1.07 bits per heavy atom. The average molecular weight is 379 g/mol. The number of alkyl halides is 3. The Labute approximate surface area is 155 Å². The summed E-state index contributed by atoms with van der Waals surface area (Å²) in [5, 5.41) is 0. The monoisotopic (exact) mass is 379 g/mol. The molecule has 0 spiro atoms. The van der Waals surface area contributed by atoms with Crippen molar-refractivity contribution in [2.24, 2.45) is 0 Å². The lowest BCUT2D eigenvalue weighted by Crippen LogP contribution is -2.40. The SMILES string of the molecule is COc1cc2c(cc1OC)[C@@H](c1ccccc1C(F)(F)F)N(C(C)=O)CC2. The van der Waals surface area contributed by atoms with Crippen molar-refractivity contribution in [3.05, 3.63) is 58.7 Å². The molecule has 1 heterocycles. The molecule has 7 heteroatoms. The average Bonchev–Trinajstić information content (AvgIpc) is 2.64. The molecule has 4 nitrogen and oxygen atoms in total. The summed E-state index contributed by atoms with van der Waals surface area (Å²) in [4.78, 5) is 13.7. The van der Waals surface area contributed by atoms with Gasteiger partial charge in [-0.05, 0) is 41.3 Å². The number of benzene rings is 2. The van der Waals surface area contributed by atoms with Crippen LogP contribution in [0.5, 0.6) is 11.5 Å². The van der Waals surface area contributed by atoms with Crippen LogP contribution in [-0.2, 0) is 17.4 Å². The Kier molecular flexibility index (Phi) is 5.04. The Hall–Kier alpha value is -2.70. The quantitative estimate of drug-likeness (QED) is 0.802. The van der Waals surface area contributed by atoms with Crippen LogP contribution < -0.4 is 9.47 Å². The van der Waals surface area contributed by atoms with Crippen LogP contribution in [0.2, 0.25) is 0 Å². The summed E-state index contributed by atoms with van der Waals surface area (Å²) >= 11 is 0.